The molecule has 0 spiro atoms. The Morgan fingerprint density at radius 1 is 1.10 bits per heavy atom. The number of hydrogen-bond acceptors (Lipinski definition) is 3. The maximum absolute atomic E-state index is 14.2. The molecule has 2 rings (SSSR count). The van der Waals surface area contributed by atoms with Crippen molar-refractivity contribution < 1.29 is 18.3 Å². The van der Waals surface area contributed by atoms with Crippen molar-refractivity contribution in [3.05, 3.63) is 40.7 Å². The SMILES string of the molecule is CC(C)[Si](OCC1COC(=O)/C(C(C)(C)C)=C\c2ccc(F)cc21)(C(C)C)C(C)C. The van der Waals surface area contributed by atoms with E-state index < -0.39 is 8.32 Å². The number of ether oxygens (including phenoxy) is 1. The Bertz CT molecular complexity index is 768. The van der Waals surface area contributed by atoms with Crippen molar-refractivity contribution >= 4 is 20.4 Å². The fraction of sp³-hybridized carbons (Fsp3) is 0.640. The molecule has 1 unspecified atom stereocenters. The highest BCUT2D eigenvalue weighted by molar-refractivity contribution is 6.77. The maximum atomic E-state index is 14.2. The fourth-order valence-electron chi connectivity index (χ4n) is 4.99. The summed E-state index contributed by atoms with van der Waals surface area (Å²) in [4.78, 5) is 12.8. The maximum Gasteiger partial charge on any atom is 0.334 e. The van der Waals surface area contributed by atoms with E-state index in [1.54, 1.807) is 12.1 Å². The van der Waals surface area contributed by atoms with Crippen LogP contribution in [0.25, 0.3) is 6.08 Å². The second-order valence-corrected chi connectivity index (χ2v) is 16.0. The molecule has 1 aliphatic heterocycles. The van der Waals surface area contributed by atoms with Gasteiger partial charge in [0.2, 0.25) is 0 Å². The summed E-state index contributed by atoms with van der Waals surface area (Å²) in [5.41, 5.74) is 3.32. The predicted octanol–water partition coefficient (Wildman–Crippen LogP) is 7.09. The molecule has 1 atom stereocenters. The van der Waals surface area contributed by atoms with Crippen LogP contribution in [-0.2, 0) is 14.0 Å². The number of benzene rings is 1. The van der Waals surface area contributed by atoms with Crippen molar-refractivity contribution in [2.45, 2.75) is 84.9 Å². The lowest BCUT2D eigenvalue weighted by Gasteiger charge is -2.43. The van der Waals surface area contributed by atoms with Crippen molar-refractivity contribution in [1.82, 2.24) is 0 Å². The Hall–Kier alpha value is -1.46. The van der Waals surface area contributed by atoms with Crippen molar-refractivity contribution in [3.8, 4) is 0 Å². The topological polar surface area (TPSA) is 35.5 Å². The molecule has 0 radical (unpaired) electrons. The highest BCUT2D eigenvalue weighted by Gasteiger charge is 2.45. The summed E-state index contributed by atoms with van der Waals surface area (Å²) in [5.74, 6) is -0.778. The van der Waals surface area contributed by atoms with Gasteiger partial charge < -0.3 is 9.16 Å². The van der Waals surface area contributed by atoms with Crippen LogP contribution >= 0.6 is 0 Å². The van der Waals surface area contributed by atoms with E-state index >= 15 is 0 Å². The molecule has 0 saturated carbocycles. The summed E-state index contributed by atoms with van der Waals surface area (Å²) in [6.45, 7) is 20.1. The van der Waals surface area contributed by atoms with Crippen LogP contribution < -0.4 is 0 Å². The van der Waals surface area contributed by atoms with E-state index in [0.717, 1.165) is 11.1 Å². The van der Waals surface area contributed by atoms with Crippen LogP contribution in [0.1, 0.15) is 79.4 Å². The van der Waals surface area contributed by atoms with Crippen LogP contribution in [0.2, 0.25) is 16.6 Å². The fourth-order valence-corrected chi connectivity index (χ4v) is 10.5. The van der Waals surface area contributed by atoms with Gasteiger partial charge in [-0.25, -0.2) is 9.18 Å². The minimum atomic E-state index is -2.09. The highest BCUT2D eigenvalue weighted by Crippen LogP contribution is 2.43. The molecule has 0 aliphatic carbocycles. The molecule has 1 aromatic rings. The Kier molecular flexibility index (Phi) is 7.73. The van der Waals surface area contributed by atoms with Crippen LogP contribution in [0, 0.1) is 11.2 Å². The van der Waals surface area contributed by atoms with E-state index in [0.29, 0.717) is 28.8 Å². The van der Waals surface area contributed by atoms with E-state index in [1.165, 1.54) is 6.07 Å². The van der Waals surface area contributed by atoms with E-state index in [4.69, 9.17) is 9.16 Å². The summed E-state index contributed by atoms with van der Waals surface area (Å²) in [6.07, 6.45) is 1.86. The van der Waals surface area contributed by atoms with Crippen LogP contribution in [-0.4, -0.2) is 27.5 Å². The largest absolute Gasteiger partial charge is 0.462 e. The number of halogens is 1. The summed E-state index contributed by atoms with van der Waals surface area (Å²) >= 11 is 0. The van der Waals surface area contributed by atoms with E-state index in [2.05, 4.69) is 41.5 Å². The number of cyclic esters (lactones) is 1. The van der Waals surface area contributed by atoms with Gasteiger partial charge >= 0.3 is 5.97 Å². The average molecular weight is 435 g/mol. The lowest BCUT2D eigenvalue weighted by molar-refractivity contribution is -0.140. The van der Waals surface area contributed by atoms with E-state index in [9.17, 15) is 9.18 Å². The van der Waals surface area contributed by atoms with Gasteiger partial charge in [-0.05, 0) is 51.4 Å². The minimum absolute atomic E-state index is 0.194. The summed E-state index contributed by atoms with van der Waals surface area (Å²) in [7, 11) is -2.09. The number of esters is 1. The van der Waals surface area contributed by atoms with Crippen LogP contribution in [0.5, 0.6) is 0 Å². The van der Waals surface area contributed by atoms with Crippen molar-refractivity contribution in [2.24, 2.45) is 5.41 Å². The lowest BCUT2D eigenvalue weighted by atomic mass is 9.83. The molecule has 30 heavy (non-hydrogen) atoms. The van der Waals surface area contributed by atoms with Gasteiger partial charge in [-0.3, -0.25) is 0 Å². The first kappa shape index (κ1) is 24.8. The summed E-state index contributed by atoms with van der Waals surface area (Å²) in [5, 5.41) is 0. The molecule has 0 amide bonds. The molecule has 5 heteroatoms. The number of hydrogen-bond donors (Lipinski definition) is 0. The second-order valence-electron chi connectivity index (χ2n) is 10.5. The first-order valence-electron chi connectivity index (χ1n) is 11.1. The smallest absolute Gasteiger partial charge is 0.334 e. The Morgan fingerprint density at radius 2 is 1.67 bits per heavy atom. The molecular formula is C25H39FO3Si. The zero-order chi connectivity index (χ0) is 22.9. The standard InChI is InChI=1S/C25H39FO3Si/c1-16(2)30(17(3)4,18(5)6)29-15-20-14-28-24(27)23(25(7,8)9)12-19-10-11-21(26)13-22(19)20/h10-13,16-18,20H,14-15H2,1-9H3/b23-12+. The quantitative estimate of drug-likeness (QED) is 0.354. The number of fused-ring (bicyclic) bond motifs is 1. The molecule has 0 N–H and O–H groups in total. The monoisotopic (exact) mass is 434 g/mol. The van der Waals surface area contributed by atoms with E-state index in [1.807, 2.05) is 26.8 Å². The molecule has 0 aromatic heterocycles. The molecule has 1 aliphatic rings. The summed E-state index contributed by atoms with van der Waals surface area (Å²) < 4.78 is 26.7. The third kappa shape index (κ3) is 5.05. The van der Waals surface area contributed by atoms with Gasteiger partial charge in [-0.2, -0.15) is 0 Å². The van der Waals surface area contributed by atoms with E-state index in [-0.39, 0.29) is 29.7 Å². The predicted molar refractivity (Wildman–Crippen MR) is 125 cm³/mol. The third-order valence-electron chi connectivity index (χ3n) is 6.47. The van der Waals surface area contributed by atoms with Gasteiger partial charge in [-0.1, -0.05) is 68.4 Å². The molecular weight excluding hydrogens is 395 g/mol. The van der Waals surface area contributed by atoms with Crippen LogP contribution in [0.4, 0.5) is 4.39 Å². The minimum Gasteiger partial charge on any atom is -0.462 e. The zero-order valence-electron chi connectivity index (χ0n) is 20.1. The number of carbonyl (C=O) groups is 1. The first-order valence-corrected chi connectivity index (χ1v) is 13.3. The van der Waals surface area contributed by atoms with Crippen LogP contribution in [0.15, 0.2) is 23.8 Å². The second kappa shape index (κ2) is 9.35. The third-order valence-corrected chi connectivity index (χ3v) is 12.6. The zero-order valence-corrected chi connectivity index (χ0v) is 21.1. The Morgan fingerprint density at radius 3 is 2.17 bits per heavy atom. The lowest BCUT2D eigenvalue weighted by Crippen LogP contribution is -2.48. The number of rotatable bonds is 6. The molecule has 0 bridgehead atoms. The normalized spacial score (nSPS) is 20.0. The first-order chi connectivity index (χ1) is 13.8. The highest BCUT2D eigenvalue weighted by atomic mass is 28.4. The number of carbonyl (C=O) groups excluding carboxylic acids is 1. The molecule has 1 aromatic carbocycles. The van der Waals surface area contributed by atoms with Gasteiger partial charge in [0.1, 0.15) is 12.4 Å². The summed E-state index contributed by atoms with van der Waals surface area (Å²) in [6, 6.07) is 4.79. The molecule has 0 saturated heterocycles. The van der Waals surface area contributed by atoms with Crippen molar-refractivity contribution in [3.63, 3.8) is 0 Å². The van der Waals surface area contributed by atoms with Gasteiger partial charge in [-0.15, -0.1) is 0 Å². The van der Waals surface area contributed by atoms with Crippen molar-refractivity contribution in [1.29, 1.82) is 0 Å². The molecule has 0 fully saturated rings. The van der Waals surface area contributed by atoms with Crippen molar-refractivity contribution in [2.75, 3.05) is 13.2 Å². The van der Waals surface area contributed by atoms with Gasteiger partial charge in [0.05, 0.1) is 0 Å². The van der Waals surface area contributed by atoms with Gasteiger partial charge in [0.25, 0.3) is 0 Å². The Balaban J connectivity index is 2.48. The Labute approximate surface area is 183 Å². The van der Waals surface area contributed by atoms with Gasteiger partial charge in [0, 0.05) is 18.1 Å². The van der Waals surface area contributed by atoms with Crippen LogP contribution in [0.3, 0.4) is 0 Å². The molecule has 3 nitrogen and oxygen atoms in total. The molecule has 1 heterocycles. The molecule has 168 valence electrons. The van der Waals surface area contributed by atoms with Gasteiger partial charge in [0.15, 0.2) is 8.32 Å². The average Bonchev–Trinajstić information content (AvgIpc) is 2.60.